The number of para-hydroxylation sites is 1. The number of nitrogens with zero attached hydrogens (tertiary/aromatic N) is 3. The maximum atomic E-state index is 12.5. The third-order valence-electron chi connectivity index (χ3n) is 3.66. The molecule has 6 heteroatoms. The average Bonchev–Trinajstić information content (AvgIpc) is 2.72. The van der Waals surface area contributed by atoms with Crippen LogP contribution in [-0.2, 0) is 16.6 Å². The van der Waals surface area contributed by atoms with Crippen molar-refractivity contribution in [3.8, 4) is 12.3 Å². The van der Waals surface area contributed by atoms with Gasteiger partial charge in [-0.05, 0) is 18.6 Å². The van der Waals surface area contributed by atoms with Crippen molar-refractivity contribution in [2.75, 3.05) is 5.01 Å². The van der Waals surface area contributed by atoms with Gasteiger partial charge in [-0.3, -0.25) is 14.2 Å². The second kappa shape index (κ2) is 4.63. The fraction of sp³-hybridized carbons (Fsp3) is 0.267. The zero-order chi connectivity index (χ0) is 15.1. The van der Waals surface area contributed by atoms with Crippen molar-refractivity contribution in [2.45, 2.75) is 19.3 Å². The molecule has 1 saturated heterocycles. The third-order valence-corrected chi connectivity index (χ3v) is 3.66. The zero-order valence-corrected chi connectivity index (χ0v) is 11.5. The first-order chi connectivity index (χ1) is 10.1. The fourth-order valence-electron chi connectivity index (χ4n) is 2.67. The minimum absolute atomic E-state index is 0.253. The van der Waals surface area contributed by atoms with E-state index in [0.717, 1.165) is 9.69 Å². The number of carbonyl (C=O) groups is 2. The van der Waals surface area contributed by atoms with Gasteiger partial charge in [0.05, 0.1) is 16.6 Å². The Morgan fingerprint density at radius 2 is 1.81 bits per heavy atom. The Morgan fingerprint density at radius 1 is 1.14 bits per heavy atom. The number of hydrogen-bond donors (Lipinski definition) is 0. The minimum Gasteiger partial charge on any atom is -0.292 e. The Hall–Kier alpha value is -2.81. The summed E-state index contributed by atoms with van der Waals surface area (Å²) in [4.78, 5) is 36.6. The third kappa shape index (κ3) is 1.78. The lowest BCUT2D eigenvalue weighted by Gasteiger charge is -2.24. The fourth-order valence-corrected chi connectivity index (χ4v) is 2.67. The molecule has 106 valence electrons. The van der Waals surface area contributed by atoms with Gasteiger partial charge in [0.25, 0.3) is 0 Å². The molecule has 0 bridgehead atoms. The highest BCUT2D eigenvalue weighted by Crippen LogP contribution is 2.19. The number of carbonyl (C=O) groups excluding carboxylic acids is 2. The van der Waals surface area contributed by atoms with Crippen LogP contribution in [-0.4, -0.2) is 21.1 Å². The number of benzene rings is 1. The molecule has 1 aromatic carbocycles. The van der Waals surface area contributed by atoms with Crippen LogP contribution in [0, 0.1) is 12.3 Å². The highest BCUT2D eigenvalue weighted by atomic mass is 16.2. The number of aryl methyl sites for hydroxylation is 1. The topological polar surface area (TPSA) is 64.3 Å². The Labute approximate surface area is 120 Å². The molecule has 0 radical (unpaired) electrons. The molecular formula is C15H13N3O3. The highest BCUT2D eigenvalue weighted by Gasteiger charge is 2.31. The molecule has 2 amide bonds. The van der Waals surface area contributed by atoms with Crippen molar-refractivity contribution in [1.82, 2.24) is 9.24 Å². The molecule has 2 heterocycles. The average molecular weight is 283 g/mol. The molecule has 1 aliphatic heterocycles. The van der Waals surface area contributed by atoms with E-state index in [9.17, 15) is 14.4 Å². The predicted octanol–water partition coefficient (Wildman–Crippen LogP) is 0.496. The van der Waals surface area contributed by atoms with Gasteiger partial charge in [-0.1, -0.05) is 12.0 Å². The predicted molar refractivity (Wildman–Crippen MR) is 77.2 cm³/mol. The normalized spacial score (nSPS) is 15.5. The summed E-state index contributed by atoms with van der Waals surface area (Å²) in [5, 5.41) is 0.939. The molecule has 0 unspecified atom stereocenters. The molecule has 3 rings (SSSR count). The van der Waals surface area contributed by atoms with Crippen molar-refractivity contribution in [2.24, 2.45) is 7.05 Å². The second-order valence-corrected chi connectivity index (χ2v) is 4.92. The lowest BCUT2D eigenvalue weighted by atomic mass is 10.1. The number of aromatic nitrogens is 2. The van der Waals surface area contributed by atoms with Crippen LogP contribution in [0.15, 0.2) is 23.0 Å². The van der Waals surface area contributed by atoms with E-state index in [2.05, 4.69) is 5.92 Å². The van der Waals surface area contributed by atoms with E-state index in [0.29, 0.717) is 23.0 Å². The van der Waals surface area contributed by atoms with Gasteiger partial charge < -0.3 is 0 Å². The van der Waals surface area contributed by atoms with E-state index in [1.165, 1.54) is 4.57 Å². The minimum atomic E-state index is -0.462. The van der Waals surface area contributed by atoms with Crippen molar-refractivity contribution in [3.05, 3.63) is 34.2 Å². The molecule has 0 saturated carbocycles. The van der Waals surface area contributed by atoms with E-state index in [1.807, 2.05) is 0 Å². The number of imidazole rings is 1. The Kier molecular flexibility index (Phi) is 2.91. The molecule has 0 aliphatic carbocycles. The van der Waals surface area contributed by atoms with Crippen molar-refractivity contribution in [1.29, 1.82) is 0 Å². The number of terminal acetylenes is 1. The maximum absolute atomic E-state index is 12.5. The summed E-state index contributed by atoms with van der Waals surface area (Å²) in [6, 6.07) is 5.09. The monoisotopic (exact) mass is 283 g/mol. The molecule has 1 aliphatic rings. The second-order valence-electron chi connectivity index (χ2n) is 4.92. The number of rotatable bonds is 1. The van der Waals surface area contributed by atoms with Crippen molar-refractivity contribution in [3.63, 3.8) is 0 Å². The molecule has 0 N–H and O–H groups in total. The van der Waals surface area contributed by atoms with Crippen molar-refractivity contribution < 1.29 is 9.59 Å². The van der Waals surface area contributed by atoms with Crippen LogP contribution in [0.1, 0.15) is 24.8 Å². The van der Waals surface area contributed by atoms with E-state index in [4.69, 9.17) is 6.42 Å². The summed E-state index contributed by atoms with van der Waals surface area (Å²) < 4.78 is 2.49. The van der Waals surface area contributed by atoms with Crippen molar-refractivity contribution >= 4 is 22.8 Å². The van der Waals surface area contributed by atoms with Crippen LogP contribution in [0.25, 0.3) is 11.0 Å². The standard InChI is InChI=1S/C15H13N3O3/c1-3-10-6-4-7-11-14(10)16(2)15(21)17(11)18-12(19)8-5-9-13(18)20/h1,4,6-7H,5,8-9H2,2H3. The van der Waals surface area contributed by atoms with Crippen LogP contribution in [0.4, 0.5) is 0 Å². The van der Waals surface area contributed by atoms with Gasteiger partial charge >= 0.3 is 5.69 Å². The van der Waals surface area contributed by atoms with Gasteiger partial charge in [-0.15, -0.1) is 6.42 Å². The number of hydrogen-bond acceptors (Lipinski definition) is 3. The first kappa shape index (κ1) is 13.2. The largest absolute Gasteiger partial charge is 0.348 e. The van der Waals surface area contributed by atoms with E-state index < -0.39 is 5.69 Å². The van der Waals surface area contributed by atoms with Gasteiger partial charge in [0.15, 0.2) is 0 Å². The summed E-state index contributed by atoms with van der Waals surface area (Å²) in [7, 11) is 1.57. The van der Waals surface area contributed by atoms with E-state index in [-0.39, 0.29) is 24.7 Å². The smallest absolute Gasteiger partial charge is 0.292 e. The van der Waals surface area contributed by atoms with Crippen LogP contribution >= 0.6 is 0 Å². The Morgan fingerprint density at radius 3 is 2.43 bits per heavy atom. The van der Waals surface area contributed by atoms with Crippen LogP contribution in [0.3, 0.4) is 0 Å². The maximum Gasteiger partial charge on any atom is 0.348 e. The summed E-state index contributed by atoms with van der Waals surface area (Å²) in [5.74, 6) is 1.78. The summed E-state index contributed by atoms with van der Waals surface area (Å²) >= 11 is 0. The van der Waals surface area contributed by atoms with Crippen LogP contribution < -0.4 is 10.7 Å². The molecule has 0 atom stereocenters. The summed E-state index contributed by atoms with van der Waals surface area (Å²) in [6.07, 6.45) is 6.48. The molecular weight excluding hydrogens is 270 g/mol. The van der Waals surface area contributed by atoms with Gasteiger partial charge in [-0.2, -0.15) is 9.69 Å². The molecule has 1 fully saturated rings. The van der Waals surface area contributed by atoms with Crippen LogP contribution in [0.2, 0.25) is 0 Å². The van der Waals surface area contributed by atoms with Gasteiger partial charge in [0.2, 0.25) is 11.8 Å². The number of piperidine rings is 1. The molecule has 1 aromatic heterocycles. The first-order valence-electron chi connectivity index (χ1n) is 6.59. The summed E-state index contributed by atoms with van der Waals surface area (Å²) in [5.41, 5.74) is 1.08. The van der Waals surface area contributed by atoms with E-state index in [1.54, 1.807) is 25.2 Å². The molecule has 0 spiro atoms. The van der Waals surface area contributed by atoms with Crippen LogP contribution in [0.5, 0.6) is 0 Å². The molecule has 21 heavy (non-hydrogen) atoms. The Balaban J connectivity index is 2.37. The highest BCUT2D eigenvalue weighted by molar-refractivity contribution is 6.11. The Bertz CT molecular complexity index is 851. The SMILES string of the molecule is C#Cc1cccc2c1n(C)c(=O)n2N1C(=O)CCCC1=O. The molecule has 6 nitrogen and oxygen atoms in total. The van der Waals surface area contributed by atoms with E-state index >= 15 is 0 Å². The van der Waals surface area contributed by atoms with Gasteiger partial charge in [0.1, 0.15) is 0 Å². The zero-order valence-electron chi connectivity index (χ0n) is 11.5. The quantitative estimate of drug-likeness (QED) is 0.565. The lowest BCUT2D eigenvalue weighted by Crippen LogP contribution is -2.52. The molecule has 2 aromatic rings. The van der Waals surface area contributed by atoms with Gasteiger partial charge in [-0.25, -0.2) is 4.79 Å². The number of fused-ring (bicyclic) bond motifs is 1. The summed E-state index contributed by atoms with van der Waals surface area (Å²) in [6.45, 7) is 0. The van der Waals surface area contributed by atoms with Gasteiger partial charge in [0, 0.05) is 19.9 Å². The first-order valence-corrected chi connectivity index (χ1v) is 6.59. The number of imide groups is 1. The lowest BCUT2D eigenvalue weighted by molar-refractivity contribution is -0.131. The number of amides is 2.